The number of methoxy groups -OCH3 is 3. The summed E-state index contributed by atoms with van der Waals surface area (Å²) >= 11 is 0. The number of ether oxygens (including phenoxy) is 3. The summed E-state index contributed by atoms with van der Waals surface area (Å²) in [5, 5.41) is 2.91. The molecule has 0 bridgehead atoms. The smallest absolute Gasteiger partial charge is 0.246 e. The van der Waals surface area contributed by atoms with Crippen molar-refractivity contribution in [2.75, 3.05) is 34.5 Å². The molecule has 2 rings (SSSR count). The molecule has 20 heavy (non-hydrogen) atoms. The zero-order valence-corrected chi connectivity index (χ0v) is 12.2. The Bertz CT molecular complexity index is 483. The highest BCUT2D eigenvalue weighted by Gasteiger charge is 2.44. The van der Waals surface area contributed by atoms with E-state index in [1.165, 1.54) is 12.7 Å². The Labute approximate surface area is 119 Å². The van der Waals surface area contributed by atoms with Crippen molar-refractivity contribution in [2.24, 2.45) is 0 Å². The predicted molar refractivity (Wildman–Crippen MR) is 75.3 cm³/mol. The third kappa shape index (κ3) is 3.04. The number of amides is 1. The number of carbonyl (C=O) groups is 1. The first-order chi connectivity index (χ1) is 9.65. The largest absolute Gasteiger partial charge is 0.493 e. The van der Waals surface area contributed by atoms with Gasteiger partial charge >= 0.3 is 0 Å². The average molecular weight is 279 g/mol. The van der Waals surface area contributed by atoms with E-state index in [1.54, 1.807) is 14.2 Å². The fourth-order valence-electron chi connectivity index (χ4n) is 2.33. The molecule has 1 aliphatic carbocycles. The van der Waals surface area contributed by atoms with Crippen molar-refractivity contribution in [2.45, 2.75) is 18.3 Å². The van der Waals surface area contributed by atoms with Gasteiger partial charge in [-0.25, -0.2) is 0 Å². The van der Waals surface area contributed by atoms with Crippen LogP contribution in [0.5, 0.6) is 11.5 Å². The van der Waals surface area contributed by atoms with Crippen molar-refractivity contribution in [3.63, 3.8) is 0 Å². The molecular weight excluding hydrogens is 258 g/mol. The summed E-state index contributed by atoms with van der Waals surface area (Å²) in [6, 6.07) is 5.94. The first kappa shape index (κ1) is 14.7. The van der Waals surface area contributed by atoms with E-state index in [4.69, 9.17) is 14.2 Å². The van der Waals surface area contributed by atoms with Gasteiger partial charge in [0.15, 0.2) is 11.5 Å². The highest BCUT2D eigenvalue weighted by molar-refractivity contribution is 5.77. The summed E-state index contributed by atoms with van der Waals surface area (Å²) in [5.41, 5.74) is 1.20. The van der Waals surface area contributed by atoms with Crippen LogP contribution < -0.4 is 14.8 Å². The number of hydrogen-bond acceptors (Lipinski definition) is 4. The fourth-order valence-corrected chi connectivity index (χ4v) is 2.33. The number of benzene rings is 1. The molecule has 1 amide bonds. The van der Waals surface area contributed by atoms with Gasteiger partial charge in [0.25, 0.3) is 0 Å². The lowest BCUT2D eigenvalue weighted by molar-refractivity contribution is -0.124. The molecule has 0 aromatic heterocycles. The number of nitrogens with one attached hydrogen (secondary N) is 1. The maximum absolute atomic E-state index is 11.5. The van der Waals surface area contributed by atoms with Crippen LogP contribution in [0.4, 0.5) is 0 Å². The second-order valence-corrected chi connectivity index (χ2v) is 5.06. The minimum absolute atomic E-state index is 0.0307. The first-order valence-electron chi connectivity index (χ1n) is 6.63. The van der Waals surface area contributed by atoms with E-state index < -0.39 is 0 Å². The average Bonchev–Trinajstić information content (AvgIpc) is 3.26. The van der Waals surface area contributed by atoms with Crippen molar-refractivity contribution >= 4 is 5.91 Å². The van der Waals surface area contributed by atoms with Gasteiger partial charge in [0, 0.05) is 19.1 Å². The lowest BCUT2D eigenvalue weighted by Gasteiger charge is -2.18. The summed E-state index contributed by atoms with van der Waals surface area (Å²) in [5.74, 6) is 1.36. The third-order valence-electron chi connectivity index (χ3n) is 3.75. The lowest BCUT2D eigenvalue weighted by Crippen LogP contribution is -2.34. The molecule has 1 aliphatic rings. The fraction of sp³-hybridized carbons (Fsp3) is 0.533. The molecule has 110 valence electrons. The topological polar surface area (TPSA) is 56.8 Å². The van der Waals surface area contributed by atoms with Gasteiger partial charge in [-0.2, -0.15) is 0 Å². The van der Waals surface area contributed by atoms with E-state index in [1.807, 2.05) is 18.2 Å². The molecule has 1 fully saturated rings. The van der Waals surface area contributed by atoms with Crippen molar-refractivity contribution in [3.8, 4) is 11.5 Å². The van der Waals surface area contributed by atoms with Crippen LogP contribution in [0.25, 0.3) is 0 Å². The molecule has 0 radical (unpaired) electrons. The normalized spacial score (nSPS) is 15.6. The quantitative estimate of drug-likeness (QED) is 0.821. The minimum atomic E-state index is -0.0840. The van der Waals surface area contributed by atoms with Crippen LogP contribution >= 0.6 is 0 Å². The maximum atomic E-state index is 11.5. The Morgan fingerprint density at radius 1 is 1.20 bits per heavy atom. The Hall–Kier alpha value is -1.75. The molecule has 1 N–H and O–H groups in total. The Kier molecular flexibility index (Phi) is 4.49. The van der Waals surface area contributed by atoms with Gasteiger partial charge in [0.2, 0.25) is 5.91 Å². The van der Waals surface area contributed by atoms with Gasteiger partial charge in [-0.05, 0) is 30.5 Å². The maximum Gasteiger partial charge on any atom is 0.246 e. The third-order valence-corrected chi connectivity index (χ3v) is 3.75. The summed E-state index contributed by atoms with van der Waals surface area (Å²) in [6.45, 7) is 0.729. The van der Waals surface area contributed by atoms with Crippen LogP contribution in [0.3, 0.4) is 0 Å². The Morgan fingerprint density at radius 3 is 2.45 bits per heavy atom. The van der Waals surface area contributed by atoms with Crippen LogP contribution in [-0.4, -0.2) is 40.4 Å². The molecule has 0 heterocycles. The van der Waals surface area contributed by atoms with Gasteiger partial charge in [0.05, 0.1) is 14.2 Å². The van der Waals surface area contributed by atoms with Crippen molar-refractivity contribution in [1.82, 2.24) is 5.32 Å². The molecule has 1 aromatic carbocycles. The molecule has 5 heteroatoms. The second kappa shape index (κ2) is 6.13. The van der Waals surface area contributed by atoms with Crippen LogP contribution in [0.2, 0.25) is 0 Å². The van der Waals surface area contributed by atoms with E-state index in [2.05, 4.69) is 5.32 Å². The number of carbonyl (C=O) groups excluding carboxylic acids is 1. The van der Waals surface area contributed by atoms with Crippen molar-refractivity contribution < 1.29 is 19.0 Å². The van der Waals surface area contributed by atoms with Crippen molar-refractivity contribution in [1.29, 1.82) is 0 Å². The molecule has 0 spiro atoms. The molecule has 5 nitrogen and oxygen atoms in total. The monoisotopic (exact) mass is 279 g/mol. The van der Waals surface area contributed by atoms with Crippen molar-refractivity contribution in [3.05, 3.63) is 23.8 Å². The Balaban J connectivity index is 2.08. The molecule has 1 aromatic rings. The van der Waals surface area contributed by atoms with Crippen LogP contribution in [0.15, 0.2) is 18.2 Å². The SMILES string of the molecule is COCC(=O)NCC1(c2ccc(OC)c(OC)c2)CC1. The first-order valence-corrected chi connectivity index (χ1v) is 6.63. The molecule has 0 aliphatic heterocycles. The van der Waals surface area contributed by atoms with Crippen LogP contribution in [0.1, 0.15) is 18.4 Å². The molecule has 1 saturated carbocycles. The molecule has 0 unspecified atom stereocenters. The van der Waals surface area contributed by atoms with Gasteiger partial charge in [-0.3, -0.25) is 4.79 Å². The summed E-state index contributed by atoms with van der Waals surface area (Å²) < 4.78 is 15.4. The lowest BCUT2D eigenvalue weighted by atomic mass is 9.95. The van der Waals surface area contributed by atoms with Gasteiger partial charge in [-0.15, -0.1) is 0 Å². The van der Waals surface area contributed by atoms with E-state index >= 15 is 0 Å². The van der Waals surface area contributed by atoms with E-state index in [0.29, 0.717) is 6.54 Å². The predicted octanol–water partition coefficient (Wildman–Crippen LogP) is 1.50. The second-order valence-electron chi connectivity index (χ2n) is 5.06. The summed E-state index contributed by atoms with van der Waals surface area (Å²) in [4.78, 5) is 11.5. The zero-order chi connectivity index (χ0) is 14.6. The van der Waals surface area contributed by atoms with Crippen LogP contribution in [0, 0.1) is 0 Å². The summed E-state index contributed by atoms with van der Waals surface area (Å²) in [6.07, 6.45) is 2.13. The van der Waals surface area contributed by atoms with Gasteiger partial charge < -0.3 is 19.5 Å². The van der Waals surface area contributed by atoms with E-state index in [0.717, 1.165) is 24.3 Å². The molecule has 0 atom stereocenters. The molecular formula is C15H21NO4. The highest BCUT2D eigenvalue weighted by atomic mass is 16.5. The van der Waals surface area contributed by atoms with Crippen LogP contribution in [-0.2, 0) is 14.9 Å². The van der Waals surface area contributed by atoms with E-state index in [9.17, 15) is 4.79 Å². The number of rotatable bonds is 7. The van der Waals surface area contributed by atoms with Gasteiger partial charge in [0.1, 0.15) is 6.61 Å². The highest BCUT2D eigenvalue weighted by Crippen LogP contribution is 2.49. The van der Waals surface area contributed by atoms with E-state index in [-0.39, 0.29) is 17.9 Å². The molecule has 0 saturated heterocycles. The van der Waals surface area contributed by atoms with Gasteiger partial charge in [-0.1, -0.05) is 6.07 Å². The minimum Gasteiger partial charge on any atom is -0.493 e. The zero-order valence-electron chi connectivity index (χ0n) is 12.2. The summed E-state index contributed by atoms with van der Waals surface area (Å²) in [7, 11) is 4.76. The Morgan fingerprint density at radius 2 is 1.90 bits per heavy atom. The standard InChI is InChI=1S/C15H21NO4/c1-18-9-14(17)16-10-15(6-7-15)11-4-5-12(19-2)13(8-11)20-3/h4-5,8H,6-7,9-10H2,1-3H3,(H,16,17). The number of hydrogen-bond donors (Lipinski definition) is 1.